The van der Waals surface area contributed by atoms with E-state index in [4.69, 9.17) is 0 Å². The van der Waals surface area contributed by atoms with Crippen LogP contribution in [0.25, 0.3) is 0 Å². The van der Waals surface area contributed by atoms with Gasteiger partial charge in [-0.2, -0.15) is 0 Å². The molecule has 1 aliphatic rings. The van der Waals surface area contributed by atoms with Crippen molar-refractivity contribution in [3.63, 3.8) is 0 Å². The highest BCUT2D eigenvalue weighted by molar-refractivity contribution is 4.79. The minimum absolute atomic E-state index is 0.883. The van der Waals surface area contributed by atoms with E-state index >= 15 is 0 Å². The molecule has 1 heteroatoms. The lowest BCUT2D eigenvalue weighted by Crippen LogP contribution is -2.41. The van der Waals surface area contributed by atoms with Gasteiger partial charge in [0.2, 0.25) is 0 Å². The highest BCUT2D eigenvalue weighted by atomic mass is 15.1. The first-order valence-electron chi connectivity index (χ1n) is 5.49. The molecule has 1 unspecified atom stereocenters. The SMILES string of the molecule is CCC(CC)C1CCCCN1C. The molecule has 0 spiro atoms. The monoisotopic (exact) mass is 169 g/mol. The average molecular weight is 169 g/mol. The first kappa shape index (κ1) is 10.0. The molecule has 1 rings (SSSR count). The molecule has 1 atom stereocenters. The molecule has 0 aromatic rings. The maximum absolute atomic E-state index is 2.57. The van der Waals surface area contributed by atoms with Gasteiger partial charge in [0.1, 0.15) is 0 Å². The minimum Gasteiger partial charge on any atom is -0.303 e. The van der Waals surface area contributed by atoms with Crippen molar-refractivity contribution in [2.75, 3.05) is 13.6 Å². The summed E-state index contributed by atoms with van der Waals surface area (Å²) in [7, 11) is 2.29. The normalized spacial score (nSPS) is 26.5. The van der Waals surface area contributed by atoms with Crippen molar-refractivity contribution in [2.24, 2.45) is 5.92 Å². The summed E-state index contributed by atoms with van der Waals surface area (Å²) in [5.41, 5.74) is 0. The van der Waals surface area contributed by atoms with Gasteiger partial charge in [0.25, 0.3) is 0 Å². The van der Waals surface area contributed by atoms with Gasteiger partial charge in [-0.3, -0.25) is 0 Å². The van der Waals surface area contributed by atoms with Crippen LogP contribution in [0.15, 0.2) is 0 Å². The third-order valence-electron chi connectivity index (χ3n) is 3.42. The summed E-state index contributed by atoms with van der Waals surface area (Å²) in [4.78, 5) is 2.57. The predicted molar refractivity (Wildman–Crippen MR) is 54.3 cm³/mol. The summed E-state index contributed by atoms with van der Waals surface area (Å²) in [5.74, 6) is 0.940. The molecule has 0 bridgehead atoms. The van der Waals surface area contributed by atoms with E-state index in [2.05, 4.69) is 25.8 Å². The Balaban J connectivity index is 2.45. The first-order chi connectivity index (χ1) is 5.79. The lowest BCUT2D eigenvalue weighted by Gasteiger charge is -2.37. The highest BCUT2D eigenvalue weighted by Gasteiger charge is 2.24. The Morgan fingerprint density at radius 2 is 1.92 bits per heavy atom. The first-order valence-corrected chi connectivity index (χ1v) is 5.49. The van der Waals surface area contributed by atoms with Crippen molar-refractivity contribution in [1.82, 2.24) is 4.90 Å². The van der Waals surface area contributed by atoms with Crippen LogP contribution >= 0.6 is 0 Å². The Labute approximate surface area is 77.1 Å². The second kappa shape index (κ2) is 4.86. The summed E-state index contributed by atoms with van der Waals surface area (Å²) >= 11 is 0. The fraction of sp³-hybridized carbons (Fsp3) is 1.00. The molecule has 0 aromatic heterocycles. The number of piperidine rings is 1. The Morgan fingerprint density at radius 3 is 2.42 bits per heavy atom. The maximum Gasteiger partial charge on any atom is 0.0120 e. The molecule has 72 valence electrons. The molecule has 0 N–H and O–H groups in total. The van der Waals surface area contributed by atoms with Crippen molar-refractivity contribution in [3.05, 3.63) is 0 Å². The Hall–Kier alpha value is -0.0400. The third kappa shape index (κ3) is 2.22. The number of hydrogen-bond donors (Lipinski definition) is 0. The summed E-state index contributed by atoms with van der Waals surface area (Å²) in [5, 5.41) is 0. The van der Waals surface area contributed by atoms with Crippen LogP contribution in [-0.2, 0) is 0 Å². The predicted octanol–water partition coefficient (Wildman–Crippen LogP) is 2.91. The van der Waals surface area contributed by atoms with Gasteiger partial charge < -0.3 is 4.90 Å². The molecule has 0 saturated carbocycles. The zero-order valence-electron chi connectivity index (χ0n) is 8.84. The standard InChI is InChI=1S/C11H23N/c1-4-10(5-2)11-8-6-7-9-12(11)3/h10-11H,4-9H2,1-3H3. The second-order valence-electron chi connectivity index (χ2n) is 4.12. The van der Waals surface area contributed by atoms with Gasteiger partial charge in [0.15, 0.2) is 0 Å². The van der Waals surface area contributed by atoms with Crippen molar-refractivity contribution >= 4 is 0 Å². The number of nitrogens with zero attached hydrogens (tertiary/aromatic N) is 1. The molecule has 0 aliphatic carbocycles. The zero-order valence-corrected chi connectivity index (χ0v) is 8.84. The second-order valence-corrected chi connectivity index (χ2v) is 4.12. The van der Waals surface area contributed by atoms with E-state index in [1.807, 2.05) is 0 Å². The Bertz CT molecular complexity index is 118. The van der Waals surface area contributed by atoms with Crippen molar-refractivity contribution < 1.29 is 0 Å². The molecular formula is C11H23N. The van der Waals surface area contributed by atoms with Gasteiger partial charge >= 0.3 is 0 Å². The van der Waals surface area contributed by atoms with Crippen molar-refractivity contribution in [2.45, 2.75) is 52.0 Å². The van der Waals surface area contributed by atoms with Crippen molar-refractivity contribution in [3.8, 4) is 0 Å². The van der Waals surface area contributed by atoms with E-state index in [0.29, 0.717) is 0 Å². The van der Waals surface area contributed by atoms with Crippen LogP contribution in [0.1, 0.15) is 46.0 Å². The lowest BCUT2D eigenvalue weighted by atomic mass is 9.87. The van der Waals surface area contributed by atoms with E-state index in [0.717, 1.165) is 12.0 Å². The molecule has 0 radical (unpaired) electrons. The van der Waals surface area contributed by atoms with Crippen molar-refractivity contribution in [1.29, 1.82) is 0 Å². The summed E-state index contributed by atoms with van der Waals surface area (Å²) in [6.45, 7) is 5.98. The van der Waals surface area contributed by atoms with Gasteiger partial charge in [-0.05, 0) is 32.4 Å². The molecule has 0 aromatic carbocycles. The quantitative estimate of drug-likeness (QED) is 0.628. The smallest absolute Gasteiger partial charge is 0.0120 e. The molecular weight excluding hydrogens is 146 g/mol. The summed E-state index contributed by atoms with van der Waals surface area (Å²) in [6.07, 6.45) is 7.00. The van der Waals surface area contributed by atoms with Gasteiger partial charge in [-0.15, -0.1) is 0 Å². The number of hydrogen-bond acceptors (Lipinski definition) is 1. The zero-order chi connectivity index (χ0) is 8.97. The fourth-order valence-electron chi connectivity index (χ4n) is 2.53. The molecule has 1 fully saturated rings. The molecule has 1 nitrogen and oxygen atoms in total. The number of rotatable bonds is 3. The van der Waals surface area contributed by atoms with Gasteiger partial charge in [-0.25, -0.2) is 0 Å². The largest absolute Gasteiger partial charge is 0.303 e. The molecule has 0 amide bonds. The number of likely N-dealkylation sites (tertiary alicyclic amines) is 1. The Kier molecular flexibility index (Phi) is 4.07. The average Bonchev–Trinajstić information content (AvgIpc) is 2.10. The lowest BCUT2D eigenvalue weighted by molar-refractivity contribution is 0.123. The van der Waals surface area contributed by atoms with E-state index in [9.17, 15) is 0 Å². The summed E-state index contributed by atoms with van der Waals surface area (Å²) in [6, 6.07) is 0.883. The van der Waals surface area contributed by atoms with Crippen LogP contribution in [-0.4, -0.2) is 24.5 Å². The Morgan fingerprint density at radius 1 is 1.25 bits per heavy atom. The van der Waals surface area contributed by atoms with Crippen LogP contribution in [0.5, 0.6) is 0 Å². The molecule has 1 saturated heterocycles. The topological polar surface area (TPSA) is 3.24 Å². The molecule has 12 heavy (non-hydrogen) atoms. The van der Waals surface area contributed by atoms with Gasteiger partial charge in [-0.1, -0.05) is 33.1 Å². The van der Waals surface area contributed by atoms with Crippen LogP contribution in [0.4, 0.5) is 0 Å². The van der Waals surface area contributed by atoms with E-state index in [1.54, 1.807) is 0 Å². The highest BCUT2D eigenvalue weighted by Crippen LogP contribution is 2.25. The van der Waals surface area contributed by atoms with E-state index in [-0.39, 0.29) is 0 Å². The third-order valence-corrected chi connectivity index (χ3v) is 3.42. The molecule has 1 aliphatic heterocycles. The van der Waals surface area contributed by atoms with Gasteiger partial charge in [0, 0.05) is 6.04 Å². The fourth-order valence-corrected chi connectivity index (χ4v) is 2.53. The van der Waals surface area contributed by atoms with E-state index < -0.39 is 0 Å². The molecule has 1 heterocycles. The van der Waals surface area contributed by atoms with Crippen LogP contribution in [0.3, 0.4) is 0 Å². The van der Waals surface area contributed by atoms with Crippen LogP contribution in [0, 0.1) is 5.92 Å². The van der Waals surface area contributed by atoms with E-state index in [1.165, 1.54) is 38.6 Å². The summed E-state index contributed by atoms with van der Waals surface area (Å²) < 4.78 is 0. The van der Waals surface area contributed by atoms with Crippen LogP contribution < -0.4 is 0 Å². The minimum atomic E-state index is 0.883. The van der Waals surface area contributed by atoms with Gasteiger partial charge in [0.05, 0.1) is 0 Å². The maximum atomic E-state index is 2.57. The van der Waals surface area contributed by atoms with Crippen LogP contribution in [0.2, 0.25) is 0 Å².